The summed E-state index contributed by atoms with van der Waals surface area (Å²) in [5, 5.41) is 3.19. The molecule has 0 aliphatic carbocycles. The largest absolute Gasteiger partial charge is 0.493 e. The fourth-order valence-corrected chi connectivity index (χ4v) is 5.08. The maximum atomic E-state index is 13.3. The van der Waals surface area contributed by atoms with Crippen molar-refractivity contribution in [3.05, 3.63) is 78.8 Å². The number of amides is 4. The number of ether oxygens (including phenoxy) is 4. The van der Waals surface area contributed by atoms with Gasteiger partial charge in [-0.1, -0.05) is 29.3 Å². The number of carbonyl (C=O) groups excluding carboxylic acids is 3. The minimum atomic E-state index is -0.868. The first-order chi connectivity index (χ1) is 18.2. The highest BCUT2D eigenvalue weighted by Crippen LogP contribution is 2.38. The van der Waals surface area contributed by atoms with Crippen molar-refractivity contribution < 1.29 is 33.3 Å². The third-order valence-electron chi connectivity index (χ3n) is 5.67. The fraction of sp³-hybridized carbons (Fsp3) is 0.115. The van der Waals surface area contributed by atoms with E-state index in [-0.39, 0.29) is 24.7 Å². The van der Waals surface area contributed by atoms with Gasteiger partial charge in [-0.15, -0.1) is 0 Å². The maximum Gasteiger partial charge on any atom is 0.335 e. The zero-order valence-electron chi connectivity index (χ0n) is 19.5. The highest BCUT2D eigenvalue weighted by molar-refractivity contribution is 14.1. The topological polar surface area (TPSA) is 103 Å². The molecule has 0 atom stereocenters. The van der Waals surface area contributed by atoms with E-state index in [0.717, 1.165) is 10.5 Å². The van der Waals surface area contributed by atoms with E-state index >= 15 is 0 Å². The zero-order valence-corrected chi connectivity index (χ0v) is 23.2. The Labute approximate surface area is 240 Å². The monoisotopic (exact) mass is 666 g/mol. The van der Waals surface area contributed by atoms with Crippen molar-refractivity contribution in [3.8, 4) is 23.0 Å². The summed E-state index contributed by atoms with van der Waals surface area (Å²) in [4.78, 5) is 39.4. The van der Waals surface area contributed by atoms with Gasteiger partial charge in [0.25, 0.3) is 11.8 Å². The number of nitrogens with zero attached hydrogens (tertiary/aromatic N) is 1. The van der Waals surface area contributed by atoms with Gasteiger partial charge < -0.3 is 18.9 Å². The summed E-state index contributed by atoms with van der Waals surface area (Å²) in [6.45, 7) is 0.200. The first-order valence-corrected chi connectivity index (χ1v) is 12.8. The van der Waals surface area contributed by atoms with Crippen LogP contribution in [0.25, 0.3) is 6.08 Å². The van der Waals surface area contributed by atoms with E-state index in [2.05, 4.69) is 27.9 Å². The second kappa shape index (κ2) is 10.7. The normalized spacial score (nSPS) is 15.6. The van der Waals surface area contributed by atoms with Gasteiger partial charge in [-0.05, 0) is 70.6 Å². The number of rotatable bonds is 6. The van der Waals surface area contributed by atoms with Crippen LogP contribution in [0, 0.1) is 3.57 Å². The van der Waals surface area contributed by atoms with Crippen molar-refractivity contribution in [3.63, 3.8) is 0 Å². The second-order valence-electron chi connectivity index (χ2n) is 8.05. The molecular formula is C26H17Cl2IN2O7. The second-order valence-corrected chi connectivity index (χ2v) is 10.1. The van der Waals surface area contributed by atoms with Gasteiger partial charge in [0, 0.05) is 21.7 Å². The Kier molecular flexibility index (Phi) is 7.37. The Morgan fingerprint density at radius 1 is 1.05 bits per heavy atom. The highest BCUT2D eigenvalue weighted by atomic mass is 127. The molecule has 4 amide bonds. The average molecular weight is 667 g/mol. The van der Waals surface area contributed by atoms with Crippen molar-refractivity contribution in [2.24, 2.45) is 0 Å². The molecule has 12 heteroatoms. The lowest BCUT2D eigenvalue weighted by Crippen LogP contribution is -2.54. The summed E-state index contributed by atoms with van der Waals surface area (Å²) in [6.07, 6.45) is 1.38. The maximum absolute atomic E-state index is 13.3. The molecule has 1 fully saturated rings. The summed E-state index contributed by atoms with van der Waals surface area (Å²) >= 11 is 14.3. The summed E-state index contributed by atoms with van der Waals surface area (Å²) < 4.78 is 22.8. The summed E-state index contributed by atoms with van der Waals surface area (Å²) in [7, 11) is 1.48. The van der Waals surface area contributed by atoms with Crippen LogP contribution in [-0.4, -0.2) is 31.7 Å². The van der Waals surface area contributed by atoms with E-state index in [4.69, 9.17) is 42.1 Å². The summed E-state index contributed by atoms with van der Waals surface area (Å²) in [5.74, 6) is 0.111. The number of barbiturate groups is 1. The SMILES string of the molecule is COc1cc(/C=C2\C(=O)NC(=O)N(c3ccc4c(c3)OCO4)C2=O)cc(I)c1OCc1ccc(Cl)cc1Cl. The molecule has 9 nitrogen and oxygen atoms in total. The predicted molar refractivity (Wildman–Crippen MR) is 148 cm³/mol. The van der Waals surface area contributed by atoms with Crippen molar-refractivity contribution in [2.45, 2.75) is 6.61 Å². The van der Waals surface area contributed by atoms with Gasteiger partial charge in [0.1, 0.15) is 12.2 Å². The fourth-order valence-electron chi connectivity index (χ4n) is 3.83. The number of anilines is 1. The van der Waals surface area contributed by atoms with E-state index in [1.54, 1.807) is 36.4 Å². The molecule has 194 valence electrons. The molecule has 0 spiro atoms. The van der Waals surface area contributed by atoms with Crippen molar-refractivity contribution in [1.82, 2.24) is 5.32 Å². The molecule has 0 bridgehead atoms. The molecule has 1 N–H and O–H groups in total. The van der Waals surface area contributed by atoms with Crippen LogP contribution in [0.3, 0.4) is 0 Å². The first-order valence-electron chi connectivity index (χ1n) is 11.0. The number of fused-ring (bicyclic) bond motifs is 1. The third kappa shape index (κ3) is 5.11. The number of nitrogens with one attached hydrogen (secondary N) is 1. The van der Waals surface area contributed by atoms with Crippen molar-refractivity contribution in [2.75, 3.05) is 18.8 Å². The minimum Gasteiger partial charge on any atom is -0.493 e. The standard InChI is InChI=1S/C26H17Cl2IN2O7/c1-35-22-8-13(7-19(29)23(22)36-11-14-2-3-15(27)9-18(14)28)6-17-24(32)30-26(34)31(25(17)33)16-4-5-20-21(10-16)38-12-37-20/h2-10H,11-12H2,1H3,(H,30,32,34)/b17-6+. The Morgan fingerprint density at radius 2 is 1.84 bits per heavy atom. The van der Waals surface area contributed by atoms with Crippen molar-refractivity contribution >= 4 is 75.4 Å². The summed E-state index contributed by atoms with van der Waals surface area (Å²) in [6, 6.07) is 12.2. The lowest BCUT2D eigenvalue weighted by Gasteiger charge is -2.26. The van der Waals surface area contributed by atoms with Gasteiger partial charge >= 0.3 is 6.03 Å². The number of carbonyl (C=O) groups is 3. The molecule has 2 heterocycles. The van der Waals surface area contributed by atoms with Crippen LogP contribution in [0.4, 0.5) is 10.5 Å². The molecule has 0 radical (unpaired) electrons. The quantitative estimate of drug-likeness (QED) is 0.208. The summed E-state index contributed by atoms with van der Waals surface area (Å²) in [5.41, 5.74) is 1.22. The molecular weight excluding hydrogens is 650 g/mol. The van der Waals surface area contributed by atoms with Crippen LogP contribution in [0.1, 0.15) is 11.1 Å². The Morgan fingerprint density at radius 3 is 2.61 bits per heavy atom. The van der Waals surface area contributed by atoms with Gasteiger partial charge in [0.15, 0.2) is 23.0 Å². The Bertz CT molecular complexity index is 1530. The van der Waals surface area contributed by atoms with Gasteiger partial charge in [-0.2, -0.15) is 0 Å². The average Bonchev–Trinajstić information content (AvgIpc) is 3.34. The molecule has 2 aliphatic heterocycles. The zero-order chi connectivity index (χ0) is 27.0. The number of hydrogen-bond acceptors (Lipinski definition) is 7. The number of methoxy groups -OCH3 is 1. The van der Waals surface area contributed by atoms with Gasteiger partial charge in [0.05, 0.1) is 16.4 Å². The smallest absolute Gasteiger partial charge is 0.335 e. The molecule has 38 heavy (non-hydrogen) atoms. The molecule has 3 aromatic carbocycles. The Balaban J connectivity index is 1.43. The molecule has 0 unspecified atom stereocenters. The van der Waals surface area contributed by atoms with Crippen LogP contribution in [-0.2, 0) is 16.2 Å². The number of imide groups is 2. The molecule has 2 aliphatic rings. The number of hydrogen-bond donors (Lipinski definition) is 1. The molecule has 0 aromatic heterocycles. The van der Waals surface area contributed by atoms with E-state index < -0.39 is 17.8 Å². The lowest BCUT2D eigenvalue weighted by molar-refractivity contribution is -0.122. The Hall–Kier alpha value is -3.48. The van der Waals surface area contributed by atoms with Gasteiger partial charge in [0.2, 0.25) is 6.79 Å². The highest BCUT2D eigenvalue weighted by Gasteiger charge is 2.37. The van der Waals surface area contributed by atoms with E-state index in [1.807, 2.05) is 0 Å². The number of benzene rings is 3. The number of urea groups is 1. The van der Waals surface area contributed by atoms with Crippen LogP contribution in [0.2, 0.25) is 10.0 Å². The van der Waals surface area contributed by atoms with Crippen LogP contribution in [0.15, 0.2) is 54.1 Å². The van der Waals surface area contributed by atoms with Crippen LogP contribution in [0.5, 0.6) is 23.0 Å². The van der Waals surface area contributed by atoms with Crippen LogP contribution < -0.4 is 29.2 Å². The van der Waals surface area contributed by atoms with E-state index in [0.29, 0.717) is 42.2 Å². The van der Waals surface area contributed by atoms with Crippen LogP contribution >= 0.6 is 45.8 Å². The molecule has 3 aromatic rings. The minimum absolute atomic E-state index is 0.0372. The lowest BCUT2D eigenvalue weighted by atomic mass is 10.1. The van der Waals surface area contributed by atoms with E-state index in [1.165, 1.54) is 25.3 Å². The molecule has 0 saturated carbocycles. The van der Waals surface area contributed by atoms with Gasteiger partial charge in [-0.3, -0.25) is 14.9 Å². The van der Waals surface area contributed by atoms with Gasteiger partial charge in [-0.25, -0.2) is 9.69 Å². The molecule has 5 rings (SSSR count). The van der Waals surface area contributed by atoms with Crippen molar-refractivity contribution in [1.29, 1.82) is 0 Å². The predicted octanol–water partition coefficient (Wildman–Crippen LogP) is 5.58. The number of halogens is 3. The third-order valence-corrected chi connectivity index (χ3v) is 7.05. The first kappa shape index (κ1) is 26.1. The molecule has 1 saturated heterocycles. The van der Waals surface area contributed by atoms with E-state index in [9.17, 15) is 14.4 Å².